The van der Waals surface area contributed by atoms with Crippen LogP contribution in [-0.4, -0.2) is 5.11 Å². The van der Waals surface area contributed by atoms with E-state index in [-0.39, 0.29) is 5.75 Å². The summed E-state index contributed by atoms with van der Waals surface area (Å²) in [6.45, 7) is 11.6. The molecular formula is C14H22N2O. The molecule has 0 saturated carbocycles. The lowest BCUT2D eigenvalue weighted by Crippen LogP contribution is -1.79. The van der Waals surface area contributed by atoms with Gasteiger partial charge in [-0.05, 0) is 38.8 Å². The quantitative estimate of drug-likeness (QED) is 0.715. The average molecular weight is 234 g/mol. The molecule has 0 spiro atoms. The molecule has 0 aliphatic rings. The molecule has 0 heterocycles. The first-order valence-electron chi connectivity index (χ1n) is 5.89. The largest absolute Gasteiger partial charge is 0.508 e. The highest BCUT2D eigenvalue weighted by Crippen LogP contribution is 2.27. The van der Waals surface area contributed by atoms with Crippen molar-refractivity contribution in [2.75, 3.05) is 0 Å². The van der Waals surface area contributed by atoms with E-state index in [1.54, 1.807) is 6.07 Å². The van der Waals surface area contributed by atoms with E-state index in [9.17, 15) is 5.11 Å². The van der Waals surface area contributed by atoms with Gasteiger partial charge in [0.1, 0.15) is 5.75 Å². The number of rotatable bonds is 2. The molecule has 0 aliphatic carbocycles. The Bertz CT molecular complexity index is 420. The van der Waals surface area contributed by atoms with Crippen molar-refractivity contribution in [1.82, 2.24) is 0 Å². The lowest BCUT2D eigenvalue weighted by atomic mass is 10.1. The van der Waals surface area contributed by atoms with Gasteiger partial charge >= 0.3 is 0 Å². The highest BCUT2D eigenvalue weighted by molar-refractivity contribution is 5.52. The van der Waals surface area contributed by atoms with E-state index in [4.69, 9.17) is 0 Å². The minimum Gasteiger partial charge on any atom is -0.508 e. The molecule has 1 aromatic rings. The van der Waals surface area contributed by atoms with E-state index in [0.29, 0.717) is 5.69 Å². The fraction of sp³-hybridized carbons (Fsp3) is 0.429. The Hall–Kier alpha value is -1.64. The highest BCUT2D eigenvalue weighted by atomic mass is 16.3. The first-order chi connectivity index (χ1) is 8.04. The molecule has 3 nitrogen and oxygen atoms in total. The van der Waals surface area contributed by atoms with Crippen LogP contribution in [-0.2, 0) is 0 Å². The third-order valence-electron chi connectivity index (χ3n) is 2.25. The minimum absolute atomic E-state index is 0.257. The summed E-state index contributed by atoms with van der Waals surface area (Å²) in [5.41, 5.74) is 3.43. The second-order valence-electron chi connectivity index (χ2n) is 3.56. The van der Waals surface area contributed by atoms with Crippen molar-refractivity contribution in [3.63, 3.8) is 0 Å². The van der Waals surface area contributed by atoms with E-state index in [2.05, 4.69) is 10.2 Å². The number of hydrogen-bond acceptors (Lipinski definition) is 3. The van der Waals surface area contributed by atoms with Crippen LogP contribution in [0.4, 0.5) is 5.69 Å². The summed E-state index contributed by atoms with van der Waals surface area (Å²) in [6.07, 6.45) is 1.88. The van der Waals surface area contributed by atoms with Gasteiger partial charge in [-0.25, -0.2) is 0 Å². The van der Waals surface area contributed by atoms with Gasteiger partial charge < -0.3 is 5.11 Å². The molecule has 0 radical (unpaired) electrons. The number of phenols is 1. The van der Waals surface area contributed by atoms with Crippen molar-refractivity contribution in [3.8, 4) is 5.75 Å². The maximum atomic E-state index is 9.53. The molecule has 0 aromatic heterocycles. The number of azo groups is 1. The SMILES string of the molecule is C/C=C(\C)N=Nc1cc(O)c(C)cc1C.CC. The Balaban J connectivity index is 0.00000121. The van der Waals surface area contributed by atoms with Gasteiger partial charge in [0.15, 0.2) is 0 Å². The number of benzene rings is 1. The number of allylic oxidation sites excluding steroid dienone is 2. The molecule has 3 heteroatoms. The Morgan fingerprint density at radius 1 is 1.18 bits per heavy atom. The van der Waals surface area contributed by atoms with Crippen molar-refractivity contribution >= 4 is 5.69 Å². The van der Waals surface area contributed by atoms with Crippen molar-refractivity contribution in [1.29, 1.82) is 0 Å². The summed E-state index contributed by atoms with van der Waals surface area (Å²) < 4.78 is 0. The lowest BCUT2D eigenvalue weighted by Gasteiger charge is -2.03. The van der Waals surface area contributed by atoms with E-state index < -0.39 is 0 Å². The Labute approximate surface area is 104 Å². The second kappa shape index (κ2) is 7.60. The van der Waals surface area contributed by atoms with Crippen LogP contribution in [0.1, 0.15) is 38.8 Å². The number of aromatic hydroxyl groups is 1. The second-order valence-corrected chi connectivity index (χ2v) is 3.56. The zero-order chi connectivity index (χ0) is 13.4. The third-order valence-corrected chi connectivity index (χ3v) is 2.25. The summed E-state index contributed by atoms with van der Waals surface area (Å²) in [5.74, 6) is 0.257. The van der Waals surface area contributed by atoms with Crippen LogP contribution in [0.2, 0.25) is 0 Å². The van der Waals surface area contributed by atoms with Crippen molar-refractivity contribution in [2.45, 2.75) is 41.5 Å². The first kappa shape index (κ1) is 15.4. The fourth-order valence-electron chi connectivity index (χ4n) is 1.13. The molecule has 0 aliphatic heterocycles. The van der Waals surface area contributed by atoms with E-state index >= 15 is 0 Å². The summed E-state index contributed by atoms with van der Waals surface area (Å²) in [5, 5.41) is 17.6. The van der Waals surface area contributed by atoms with Gasteiger partial charge in [-0.15, -0.1) is 0 Å². The van der Waals surface area contributed by atoms with Gasteiger partial charge in [-0.2, -0.15) is 10.2 Å². The van der Waals surface area contributed by atoms with Gasteiger partial charge in [0.2, 0.25) is 0 Å². The van der Waals surface area contributed by atoms with Gasteiger partial charge in [0.05, 0.1) is 11.4 Å². The molecular weight excluding hydrogens is 212 g/mol. The summed E-state index contributed by atoms with van der Waals surface area (Å²) >= 11 is 0. The Morgan fingerprint density at radius 3 is 2.29 bits per heavy atom. The average Bonchev–Trinajstić information content (AvgIpc) is 2.34. The van der Waals surface area contributed by atoms with E-state index in [1.807, 2.05) is 53.7 Å². The number of phenolic OH excluding ortho intramolecular Hbond substituents is 1. The van der Waals surface area contributed by atoms with E-state index in [0.717, 1.165) is 16.8 Å². The number of aryl methyl sites for hydroxylation is 2. The van der Waals surface area contributed by atoms with Crippen LogP contribution >= 0.6 is 0 Å². The zero-order valence-electron chi connectivity index (χ0n) is 11.6. The van der Waals surface area contributed by atoms with Crippen LogP contribution in [0, 0.1) is 13.8 Å². The molecule has 0 fully saturated rings. The molecule has 0 amide bonds. The molecule has 17 heavy (non-hydrogen) atoms. The van der Waals surface area contributed by atoms with Gasteiger partial charge in [-0.1, -0.05) is 26.0 Å². The predicted octanol–water partition coefficient (Wildman–Crippen LogP) is 5.04. The van der Waals surface area contributed by atoms with Crippen LogP contribution < -0.4 is 0 Å². The fourth-order valence-corrected chi connectivity index (χ4v) is 1.13. The van der Waals surface area contributed by atoms with Crippen LogP contribution in [0.3, 0.4) is 0 Å². The molecule has 0 saturated heterocycles. The van der Waals surface area contributed by atoms with Crippen LogP contribution in [0.15, 0.2) is 34.1 Å². The monoisotopic (exact) mass is 234 g/mol. The number of nitrogens with zero attached hydrogens (tertiary/aromatic N) is 2. The van der Waals surface area contributed by atoms with Crippen molar-refractivity contribution in [3.05, 3.63) is 35.0 Å². The standard InChI is InChI=1S/C12H16N2O.C2H6/c1-5-10(4)13-14-11-7-12(15)9(3)6-8(11)2;1-2/h5-7,15H,1-4H3;1-2H3/b10-5+,14-13?;. The summed E-state index contributed by atoms with van der Waals surface area (Å²) in [6, 6.07) is 3.53. The van der Waals surface area contributed by atoms with Gasteiger partial charge in [-0.3, -0.25) is 0 Å². The smallest absolute Gasteiger partial charge is 0.120 e. The van der Waals surface area contributed by atoms with Gasteiger partial charge in [0.25, 0.3) is 0 Å². The van der Waals surface area contributed by atoms with Crippen LogP contribution in [0.5, 0.6) is 5.75 Å². The maximum Gasteiger partial charge on any atom is 0.120 e. The predicted molar refractivity (Wildman–Crippen MR) is 72.9 cm³/mol. The van der Waals surface area contributed by atoms with Crippen molar-refractivity contribution < 1.29 is 5.11 Å². The van der Waals surface area contributed by atoms with Crippen LogP contribution in [0.25, 0.3) is 0 Å². The Morgan fingerprint density at radius 2 is 1.76 bits per heavy atom. The first-order valence-corrected chi connectivity index (χ1v) is 5.89. The molecule has 1 aromatic carbocycles. The van der Waals surface area contributed by atoms with E-state index in [1.165, 1.54) is 0 Å². The maximum absolute atomic E-state index is 9.53. The topological polar surface area (TPSA) is 45.0 Å². The Kier molecular flexibility index (Phi) is 6.87. The van der Waals surface area contributed by atoms with Gasteiger partial charge in [0, 0.05) is 6.07 Å². The molecule has 94 valence electrons. The zero-order valence-corrected chi connectivity index (χ0v) is 11.6. The minimum atomic E-state index is 0.257. The lowest BCUT2D eigenvalue weighted by molar-refractivity contribution is 0.471. The molecule has 1 rings (SSSR count). The normalized spacial score (nSPS) is 11.3. The summed E-state index contributed by atoms with van der Waals surface area (Å²) in [4.78, 5) is 0. The molecule has 0 bridgehead atoms. The van der Waals surface area contributed by atoms with Crippen molar-refractivity contribution in [2.24, 2.45) is 10.2 Å². The molecule has 1 N–H and O–H groups in total. The molecule has 0 unspecified atom stereocenters. The third kappa shape index (κ3) is 4.81. The summed E-state index contributed by atoms with van der Waals surface area (Å²) in [7, 11) is 0. The molecule has 0 atom stereocenters. The number of hydrogen-bond donors (Lipinski definition) is 1. The highest BCUT2D eigenvalue weighted by Gasteiger charge is 2.02.